The molecular weight excluding hydrogens is 315 g/mol. The second-order valence-corrected chi connectivity index (χ2v) is 5.62. The molecule has 1 aliphatic rings. The van der Waals surface area contributed by atoms with Crippen molar-refractivity contribution in [1.82, 2.24) is 0 Å². The zero-order chi connectivity index (χ0) is 16.4. The van der Waals surface area contributed by atoms with Crippen LogP contribution in [0, 0.1) is 5.82 Å². The minimum absolute atomic E-state index is 0.326. The van der Waals surface area contributed by atoms with Crippen molar-refractivity contribution < 1.29 is 13.9 Å². The second-order valence-electron chi connectivity index (χ2n) is 5.19. The van der Waals surface area contributed by atoms with Crippen molar-refractivity contribution in [3.8, 4) is 11.1 Å². The summed E-state index contributed by atoms with van der Waals surface area (Å²) in [6, 6.07) is 10.2. The first kappa shape index (κ1) is 15.5. The van der Waals surface area contributed by atoms with E-state index in [4.69, 9.17) is 16.3 Å². The molecule has 0 unspecified atom stereocenters. The first-order chi connectivity index (χ1) is 11.1. The molecule has 0 bridgehead atoms. The number of hydrogen-bond donors (Lipinski definition) is 0. The molecule has 4 heteroatoms. The van der Waals surface area contributed by atoms with Crippen LogP contribution >= 0.6 is 11.6 Å². The van der Waals surface area contributed by atoms with Gasteiger partial charge in [0.2, 0.25) is 0 Å². The average molecular weight is 329 g/mol. The molecule has 0 spiro atoms. The topological polar surface area (TPSA) is 26.3 Å². The Labute approximate surface area is 138 Å². The SMILES string of the molecule is COC(=O)C1=CCc2c(cccc2-c2cc(Cl)ccc2F)C=C1. The fraction of sp³-hybridized carbons (Fsp3) is 0.105. The van der Waals surface area contributed by atoms with E-state index in [-0.39, 0.29) is 11.8 Å². The Morgan fingerprint density at radius 3 is 2.78 bits per heavy atom. The van der Waals surface area contributed by atoms with Gasteiger partial charge in [-0.2, -0.15) is 0 Å². The van der Waals surface area contributed by atoms with Gasteiger partial charge in [0.15, 0.2) is 0 Å². The largest absolute Gasteiger partial charge is 0.465 e. The van der Waals surface area contributed by atoms with Crippen LogP contribution in [0.4, 0.5) is 4.39 Å². The van der Waals surface area contributed by atoms with Crippen LogP contribution in [0.1, 0.15) is 11.1 Å². The number of esters is 1. The Hall–Kier alpha value is -2.39. The van der Waals surface area contributed by atoms with Crippen molar-refractivity contribution in [3.05, 3.63) is 76.1 Å². The van der Waals surface area contributed by atoms with Crippen LogP contribution in [-0.4, -0.2) is 13.1 Å². The Kier molecular flexibility index (Phi) is 4.30. The van der Waals surface area contributed by atoms with Crippen molar-refractivity contribution in [3.63, 3.8) is 0 Å². The number of halogens is 2. The molecule has 0 saturated carbocycles. The molecule has 0 N–H and O–H groups in total. The molecule has 2 nitrogen and oxygen atoms in total. The van der Waals surface area contributed by atoms with Gasteiger partial charge in [-0.25, -0.2) is 9.18 Å². The van der Waals surface area contributed by atoms with Crippen LogP contribution < -0.4 is 0 Å². The van der Waals surface area contributed by atoms with Crippen molar-refractivity contribution >= 4 is 23.6 Å². The number of rotatable bonds is 2. The lowest BCUT2D eigenvalue weighted by Crippen LogP contribution is -2.02. The predicted octanol–water partition coefficient (Wildman–Crippen LogP) is 4.81. The molecule has 0 atom stereocenters. The zero-order valence-corrected chi connectivity index (χ0v) is 13.2. The summed E-state index contributed by atoms with van der Waals surface area (Å²) in [6.07, 6.45) is 5.86. The van der Waals surface area contributed by atoms with E-state index in [1.54, 1.807) is 18.2 Å². The van der Waals surface area contributed by atoms with Gasteiger partial charge in [0.25, 0.3) is 0 Å². The summed E-state index contributed by atoms with van der Waals surface area (Å²) in [5, 5.41) is 0.481. The number of benzene rings is 2. The molecule has 3 rings (SSSR count). The maximum absolute atomic E-state index is 14.2. The lowest BCUT2D eigenvalue weighted by Gasteiger charge is -2.12. The van der Waals surface area contributed by atoms with Crippen molar-refractivity contribution in [2.24, 2.45) is 0 Å². The highest BCUT2D eigenvalue weighted by Gasteiger charge is 2.16. The van der Waals surface area contributed by atoms with Gasteiger partial charge in [-0.3, -0.25) is 0 Å². The molecule has 2 aromatic rings. The summed E-state index contributed by atoms with van der Waals surface area (Å²) >= 11 is 6.01. The number of carbonyl (C=O) groups is 1. The second kappa shape index (κ2) is 6.39. The van der Waals surface area contributed by atoms with E-state index >= 15 is 0 Å². The number of ether oxygens (including phenoxy) is 1. The number of fused-ring (bicyclic) bond motifs is 1. The molecule has 1 aliphatic carbocycles. The summed E-state index contributed by atoms with van der Waals surface area (Å²) < 4.78 is 19.0. The molecular formula is C19H14ClFO2. The van der Waals surface area contributed by atoms with Crippen LogP contribution in [0.5, 0.6) is 0 Å². The van der Waals surface area contributed by atoms with Gasteiger partial charge < -0.3 is 4.74 Å². The lowest BCUT2D eigenvalue weighted by atomic mass is 9.93. The Bertz CT molecular complexity index is 837. The monoisotopic (exact) mass is 328 g/mol. The van der Waals surface area contributed by atoms with Gasteiger partial charge in [-0.15, -0.1) is 0 Å². The molecule has 116 valence electrons. The van der Waals surface area contributed by atoms with Gasteiger partial charge in [-0.1, -0.05) is 42.0 Å². The molecule has 0 aliphatic heterocycles. The maximum Gasteiger partial charge on any atom is 0.337 e. The van der Waals surface area contributed by atoms with Crippen LogP contribution in [0.3, 0.4) is 0 Å². The van der Waals surface area contributed by atoms with E-state index in [1.165, 1.54) is 19.2 Å². The Morgan fingerprint density at radius 1 is 1.17 bits per heavy atom. The zero-order valence-electron chi connectivity index (χ0n) is 12.5. The molecule has 0 heterocycles. The normalized spacial score (nSPS) is 13.1. The Morgan fingerprint density at radius 2 is 2.00 bits per heavy atom. The average Bonchev–Trinajstić information content (AvgIpc) is 2.79. The molecule has 0 aromatic heterocycles. The molecule has 0 saturated heterocycles. The van der Waals surface area contributed by atoms with E-state index < -0.39 is 0 Å². The predicted molar refractivity (Wildman–Crippen MR) is 89.7 cm³/mol. The third-order valence-electron chi connectivity index (χ3n) is 3.82. The van der Waals surface area contributed by atoms with Gasteiger partial charge in [0.1, 0.15) is 5.82 Å². The van der Waals surface area contributed by atoms with Gasteiger partial charge in [-0.05, 0) is 47.4 Å². The minimum atomic E-state index is -0.385. The number of allylic oxidation sites excluding steroid dienone is 1. The highest BCUT2D eigenvalue weighted by atomic mass is 35.5. The summed E-state index contributed by atoms with van der Waals surface area (Å²) in [4.78, 5) is 11.7. The van der Waals surface area contributed by atoms with Crippen LogP contribution in [-0.2, 0) is 16.0 Å². The molecule has 0 fully saturated rings. The Balaban J connectivity index is 2.12. The molecule has 2 aromatic carbocycles. The van der Waals surface area contributed by atoms with E-state index in [0.717, 1.165) is 16.7 Å². The molecule has 23 heavy (non-hydrogen) atoms. The van der Waals surface area contributed by atoms with Crippen molar-refractivity contribution in [2.75, 3.05) is 7.11 Å². The maximum atomic E-state index is 14.2. The van der Waals surface area contributed by atoms with E-state index in [0.29, 0.717) is 22.6 Å². The van der Waals surface area contributed by atoms with Gasteiger partial charge >= 0.3 is 5.97 Å². The van der Waals surface area contributed by atoms with Crippen LogP contribution in [0.25, 0.3) is 17.2 Å². The van der Waals surface area contributed by atoms with Gasteiger partial charge in [0.05, 0.1) is 12.7 Å². The lowest BCUT2D eigenvalue weighted by molar-refractivity contribution is -0.135. The van der Waals surface area contributed by atoms with Crippen molar-refractivity contribution in [1.29, 1.82) is 0 Å². The molecule has 0 amide bonds. The fourth-order valence-corrected chi connectivity index (χ4v) is 2.85. The first-order valence-corrected chi connectivity index (χ1v) is 7.52. The summed E-state index contributed by atoms with van der Waals surface area (Å²) in [5.74, 6) is -0.710. The summed E-state index contributed by atoms with van der Waals surface area (Å²) in [6.45, 7) is 0. The fourth-order valence-electron chi connectivity index (χ4n) is 2.67. The van der Waals surface area contributed by atoms with Crippen molar-refractivity contribution in [2.45, 2.75) is 6.42 Å². The smallest absolute Gasteiger partial charge is 0.337 e. The number of hydrogen-bond acceptors (Lipinski definition) is 2. The number of methoxy groups -OCH3 is 1. The summed E-state index contributed by atoms with van der Waals surface area (Å²) in [5.41, 5.74) is 3.61. The first-order valence-electron chi connectivity index (χ1n) is 7.14. The molecule has 0 radical (unpaired) electrons. The van der Waals surface area contributed by atoms with Crippen LogP contribution in [0.2, 0.25) is 5.02 Å². The minimum Gasteiger partial charge on any atom is -0.465 e. The highest BCUT2D eigenvalue weighted by Crippen LogP contribution is 2.33. The standard InChI is InChI=1S/C19H14ClFO2/c1-23-19(22)13-6-5-12-3-2-4-16(15(12)9-7-13)17-11-14(20)8-10-18(17)21/h2-8,10-11H,9H2,1H3. The van der Waals surface area contributed by atoms with E-state index in [9.17, 15) is 9.18 Å². The van der Waals surface area contributed by atoms with E-state index in [2.05, 4.69) is 0 Å². The highest BCUT2D eigenvalue weighted by molar-refractivity contribution is 6.30. The van der Waals surface area contributed by atoms with E-state index in [1.807, 2.05) is 24.3 Å². The third kappa shape index (κ3) is 3.06. The van der Waals surface area contributed by atoms with Gasteiger partial charge in [0, 0.05) is 10.6 Å². The quantitative estimate of drug-likeness (QED) is 0.739. The number of carbonyl (C=O) groups excluding carboxylic acids is 1. The third-order valence-corrected chi connectivity index (χ3v) is 4.06. The summed E-state index contributed by atoms with van der Waals surface area (Å²) in [7, 11) is 1.35. The van der Waals surface area contributed by atoms with Crippen LogP contribution in [0.15, 0.2) is 54.1 Å².